The van der Waals surface area contributed by atoms with E-state index in [1.165, 1.54) is 6.08 Å². The summed E-state index contributed by atoms with van der Waals surface area (Å²) in [5.41, 5.74) is 2.42. The first-order valence-electron chi connectivity index (χ1n) is 5.39. The second-order valence-corrected chi connectivity index (χ2v) is 3.87. The highest BCUT2D eigenvalue weighted by Crippen LogP contribution is 2.19. The van der Waals surface area contributed by atoms with Gasteiger partial charge in [0.25, 0.3) is 5.78 Å². The van der Waals surface area contributed by atoms with Crippen LogP contribution in [0.2, 0.25) is 0 Å². The maximum Gasteiger partial charge on any atom is 0.376 e. The number of aromatic nitrogens is 1. The summed E-state index contributed by atoms with van der Waals surface area (Å²) in [5.74, 6) is -2.39. The Morgan fingerprint density at radius 2 is 2.00 bits per heavy atom. The van der Waals surface area contributed by atoms with Gasteiger partial charge in [0, 0.05) is 11.1 Å². The second kappa shape index (κ2) is 4.79. The predicted octanol–water partition coefficient (Wildman–Crippen LogP) is 2.21. The zero-order valence-corrected chi connectivity index (χ0v) is 9.75. The number of carbonyl (C=O) groups is 2. The number of para-hydroxylation sites is 1. The fourth-order valence-electron chi connectivity index (χ4n) is 1.71. The molecule has 0 saturated carbocycles. The molecule has 0 radical (unpaired) electrons. The van der Waals surface area contributed by atoms with Crippen LogP contribution in [0.5, 0.6) is 0 Å². The normalized spacial score (nSPS) is 10.9. The fourth-order valence-corrected chi connectivity index (χ4v) is 1.71. The van der Waals surface area contributed by atoms with Crippen LogP contribution < -0.4 is 0 Å². The van der Waals surface area contributed by atoms with E-state index >= 15 is 0 Å². The van der Waals surface area contributed by atoms with Gasteiger partial charge in [-0.2, -0.15) is 0 Å². The van der Waals surface area contributed by atoms with Crippen LogP contribution in [0.1, 0.15) is 11.3 Å². The molecule has 0 fully saturated rings. The fraction of sp³-hybridized carbons (Fsp3) is 0.0714. The van der Waals surface area contributed by atoms with Crippen molar-refractivity contribution in [2.24, 2.45) is 0 Å². The van der Waals surface area contributed by atoms with Gasteiger partial charge < -0.3 is 5.11 Å². The van der Waals surface area contributed by atoms with Crippen LogP contribution in [0.3, 0.4) is 0 Å². The number of aliphatic carboxylic acids is 1. The van der Waals surface area contributed by atoms with Gasteiger partial charge in [-0.3, -0.25) is 9.78 Å². The van der Waals surface area contributed by atoms with E-state index in [9.17, 15) is 9.59 Å². The molecule has 1 N–H and O–H groups in total. The van der Waals surface area contributed by atoms with Crippen molar-refractivity contribution in [3.05, 3.63) is 47.7 Å². The SMILES string of the molecule is Cc1cc(/C=C/C(=O)C(=O)O)c2ccccc2n1. The Morgan fingerprint density at radius 1 is 1.28 bits per heavy atom. The lowest BCUT2D eigenvalue weighted by molar-refractivity contribution is -0.146. The van der Waals surface area contributed by atoms with Crippen molar-refractivity contribution in [2.45, 2.75) is 6.92 Å². The van der Waals surface area contributed by atoms with Crippen molar-refractivity contribution in [1.82, 2.24) is 4.98 Å². The summed E-state index contributed by atoms with van der Waals surface area (Å²) in [7, 11) is 0. The van der Waals surface area contributed by atoms with Crippen LogP contribution >= 0.6 is 0 Å². The van der Waals surface area contributed by atoms with E-state index in [2.05, 4.69) is 4.98 Å². The Kier molecular flexibility index (Phi) is 3.19. The smallest absolute Gasteiger partial charge is 0.376 e. The molecule has 0 aliphatic heterocycles. The number of hydrogen-bond acceptors (Lipinski definition) is 3. The van der Waals surface area contributed by atoms with Gasteiger partial charge in [-0.05, 0) is 30.7 Å². The molecule has 1 aromatic heterocycles. The van der Waals surface area contributed by atoms with Crippen molar-refractivity contribution in [2.75, 3.05) is 0 Å². The number of rotatable bonds is 3. The van der Waals surface area contributed by atoms with Gasteiger partial charge in [-0.1, -0.05) is 24.3 Å². The summed E-state index contributed by atoms with van der Waals surface area (Å²) in [6.07, 6.45) is 2.57. The summed E-state index contributed by atoms with van der Waals surface area (Å²) in [6, 6.07) is 9.32. The number of fused-ring (bicyclic) bond motifs is 1. The Labute approximate surface area is 104 Å². The summed E-state index contributed by atoms with van der Waals surface area (Å²) < 4.78 is 0. The molecular formula is C14H11NO3. The molecule has 90 valence electrons. The van der Waals surface area contributed by atoms with Crippen LogP contribution in [0.4, 0.5) is 0 Å². The van der Waals surface area contributed by atoms with E-state index in [1.807, 2.05) is 37.3 Å². The summed E-state index contributed by atoms with van der Waals surface area (Å²) in [4.78, 5) is 25.8. The lowest BCUT2D eigenvalue weighted by atomic mass is 10.1. The zero-order valence-electron chi connectivity index (χ0n) is 9.75. The highest BCUT2D eigenvalue weighted by atomic mass is 16.4. The first-order chi connectivity index (χ1) is 8.58. The standard InChI is InChI=1S/C14H11NO3/c1-9-8-10(6-7-13(16)14(17)18)11-4-2-3-5-12(11)15-9/h2-8H,1H3,(H,17,18)/b7-6+. The maximum absolute atomic E-state index is 11.0. The van der Waals surface area contributed by atoms with E-state index < -0.39 is 11.8 Å². The molecule has 1 aromatic carbocycles. The van der Waals surface area contributed by atoms with Crippen LogP contribution in [0.15, 0.2) is 36.4 Å². The molecule has 0 atom stereocenters. The Morgan fingerprint density at radius 3 is 2.72 bits per heavy atom. The number of nitrogens with zero attached hydrogens (tertiary/aromatic N) is 1. The van der Waals surface area contributed by atoms with Crippen molar-refractivity contribution in [3.8, 4) is 0 Å². The topological polar surface area (TPSA) is 67.3 Å². The zero-order chi connectivity index (χ0) is 13.1. The Bertz CT molecular complexity index is 659. The third-order valence-corrected chi connectivity index (χ3v) is 2.50. The van der Waals surface area contributed by atoms with Gasteiger partial charge in [-0.25, -0.2) is 4.79 Å². The first kappa shape index (κ1) is 12.0. The second-order valence-electron chi connectivity index (χ2n) is 3.87. The van der Waals surface area contributed by atoms with Gasteiger partial charge in [0.2, 0.25) is 0 Å². The van der Waals surface area contributed by atoms with Crippen molar-refractivity contribution in [1.29, 1.82) is 0 Å². The van der Waals surface area contributed by atoms with Crippen LogP contribution in [-0.4, -0.2) is 21.8 Å². The maximum atomic E-state index is 11.0. The number of aryl methyl sites for hydroxylation is 1. The number of ketones is 1. The van der Waals surface area contributed by atoms with E-state index in [0.717, 1.165) is 28.2 Å². The number of pyridine rings is 1. The van der Waals surface area contributed by atoms with Crippen molar-refractivity contribution in [3.63, 3.8) is 0 Å². The van der Waals surface area contributed by atoms with Crippen molar-refractivity contribution >= 4 is 28.7 Å². The quantitative estimate of drug-likeness (QED) is 0.660. The van der Waals surface area contributed by atoms with E-state index in [1.54, 1.807) is 0 Å². The first-order valence-corrected chi connectivity index (χ1v) is 5.39. The van der Waals surface area contributed by atoms with E-state index in [-0.39, 0.29) is 0 Å². The number of hydrogen-bond donors (Lipinski definition) is 1. The largest absolute Gasteiger partial charge is 0.475 e. The highest BCUT2D eigenvalue weighted by molar-refractivity contribution is 6.38. The number of carboxylic acid groups (broad SMARTS) is 1. The number of benzene rings is 1. The van der Waals surface area contributed by atoms with Crippen LogP contribution in [-0.2, 0) is 9.59 Å². The molecular weight excluding hydrogens is 230 g/mol. The molecule has 4 heteroatoms. The van der Waals surface area contributed by atoms with Gasteiger partial charge in [0.15, 0.2) is 0 Å². The molecule has 0 aliphatic carbocycles. The molecule has 0 amide bonds. The van der Waals surface area contributed by atoms with E-state index in [4.69, 9.17) is 5.11 Å². The molecule has 18 heavy (non-hydrogen) atoms. The van der Waals surface area contributed by atoms with Crippen LogP contribution in [0, 0.1) is 6.92 Å². The predicted molar refractivity (Wildman–Crippen MR) is 68.2 cm³/mol. The molecule has 2 aromatic rings. The minimum absolute atomic E-state index is 0.785. The van der Waals surface area contributed by atoms with E-state index in [0.29, 0.717) is 0 Å². The average molecular weight is 241 g/mol. The van der Waals surface area contributed by atoms with Crippen LogP contribution in [0.25, 0.3) is 17.0 Å². The van der Waals surface area contributed by atoms with Gasteiger partial charge in [0.1, 0.15) is 0 Å². The Hall–Kier alpha value is -2.49. The highest BCUT2D eigenvalue weighted by Gasteiger charge is 2.07. The molecule has 2 rings (SSSR count). The third kappa shape index (κ3) is 2.43. The van der Waals surface area contributed by atoms with Gasteiger partial charge >= 0.3 is 5.97 Å². The molecule has 0 unspecified atom stereocenters. The summed E-state index contributed by atoms with van der Waals surface area (Å²) in [6.45, 7) is 1.85. The number of carbonyl (C=O) groups excluding carboxylic acids is 1. The lowest BCUT2D eigenvalue weighted by Gasteiger charge is -2.03. The number of carboxylic acids is 1. The van der Waals surface area contributed by atoms with Gasteiger partial charge in [-0.15, -0.1) is 0 Å². The molecule has 0 aliphatic rings. The Balaban J connectivity index is 2.50. The molecule has 4 nitrogen and oxygen atoms in total. The monoisotopic (exact) mass is 241 g/mol. The van der Waals surface area contributed by atoms with Crippen molar-refractivity contribution < 1.29 is 14.7 Å². The summed E-state index contributed by atoms with van der Waals surface area (Å²) in [5, 5.41) is 9.40. The third-order valence-electron chi connectivity index (χ3n) is 2.50. The lowest BCUT2D eigenvalue weighted by Crippen LogP contribution is -2.08. The molecule has 1 heterocycles. The summed E-state index contributed by atoms with van der Waals surface area (Å²) >= 11 is 0. The minimum Gasteiger partial charge on any atom is -0.475 e. The van der Waals surface area contributed by atoms with Gasteiger partial charge in [0.05, 0.1) is 5.52 Å². The molecule has 0 bridgehead atoms. The molecule has 0 saturated heterocycles. The molecule has 0 spiro atoms. The minimum atomic E-state index is -1.46. The average Bonchev–Trinajstić information content (AvgIpc) is 2.35.